The highest BCUT2D eigenvalue weighted by atomic mass is 16.6. The van der Waals surface area contributed by atoms with Gasteiger partial charge in [-0.3, -0.25) is 19.2 Å². The summed E-state index contributed by atoms with van der Waals surface area (Å²) in [7, 11) is 0. The number of esters is 1. The minimum Gasteiger partial charge on any atom is -0.458 e. The Bertz CT molecular complexity index is 1310. The van der Waals surface area contributed by atoms with Crippen LogP contribution in [0.2, 0.25) is 0 Å². The molecule has 5 N–H and O–H groups in total. The van der Waals surface area contributed by atoms with Gasteiger partial charge in [-0.2, -0.15) is 0 Å². The Labute approximate surface area is 278 Å². The molecule has 1 saturated heterocycles. The van der Waals surface area contributed by atoms with Crippen LogP contribution in [0.1, 0.15) is 99.1 Å². The van der Waals surface area contributed by atoms with Crippen molar-refractivity contribution in [3.05, 3.63) is 35.9 Å². The molecule has 12 heteroatoms. The van der Waals surface area contributed by atoms with Gasteiger partial charge in [-0.15, -0.1) is 0 Å². The van der Waals surface area contributed by atoms with Gasteiger partial charge in [-0.1, -0.05) is 84.2 Å². The van der Waals surface area contributed by atoms with Gasteiger partial charge < -0.3 is 31.3 Å². The Morgan fingerprint density at radius 3 is 2.02 bits per heavy atom. The number of ether oxygens (including phenoxy) is 1. The second kappa shape index (κ2) is 15.3. The molecule has 2 aliphatic rings. The SMILES string of the molecule is CC(C)C1CCN(C(=O)[C@@H](NC(=O)N[C@@H](C(=O)OC(C)(C)C)c2ccccc2)C(C)(C)C)[C@@H]1C(=O)NC(CC1CCC1)C(=O)C(N)=O. The fourth-order valence-electron chi connectivity index (χ4n) is 6.22. The van der Waals surface area contributed by atoms with Gasteiger partial charge in [0.2, 0.25) is 17.6 Å². The number of carbonyl (C=O) groups excluding carboxylic acids is 6. The van der Waals surface area contributed by atoms with Gasteiger partial charge in [0.15, 0.2) is 6.04 Å². The smallest absolute Gasteiger partial charge is 0.333 e. The van der Waals surface area contributed by atoms with Gasteiger partial charge in [0.1, 0.15) is 17.7 Å². The topological polar surface area (TPSA) is 177 Å². The van der Waals surface area contributed by atoms with E-state index in [-0.39, 0.29) is 24.3 Å². The summed E-state index contributed by atoms with van der Waals surface area (Å²) in [6.07, 6.45) is 3.68. The third-order valence-electron chi connectivity index (χ3n) is 8.96. The van der Waals surface area contributed by atoms with Gasteiger partial charge in [-0.25, -0.2) is 9.59 Å². The number of nitrogens with two attached hydrogens (primary N) is 1. The molecule has 1 aliphatic carbocycles. The highest BCUT2D eigenvalue weighted by molar-refractivity contribution is 6.37. The van der Waals surface area contributed by atoms with Gasteiger partial charge in [0.05, 0.1) is 6.04 Å². The Hall–Kier alpha value is -3.96. The maximum absolute atomic E-state index is 14.3. The lowest BCUT2D eigenvalue weighted by Gasteiger charge is -2.37. The van der Waals surface area contributed by atoms with Crippen molar-refractivity contribution in [3.63, 3.8) is 0 Å². The van der Waals surface area contributed by atoms with Crippen molar-refractivity contribution in [2.45, 2.75) is 117 Å². The zero-order valence-electron chi connectivity index (χ0n) is 29.1. The van der Waals surface area contributed by atoms with Crippen molar-refractivity contribution in [2.75, 3.05) is 6.54 Å². The maximum Gasteiger partial charge on any atom is 0.333 e. The molecule has 47 heavy (non-hydrogen) atoms. The standard InChI is InChI=1S/C35H53N5O7/c1-20(2)23-17-18-40(26(23)30(43)37-24(27(41)29(36)42)19-21-13-12-14-21)31(44)28(34(3,4)5)39-33(46)38-25(22-15-10-9-11-16-22)32(45)47-35(6,7)8/h9-11,15-16,20-21,23-26,28H,12-14,17-19H2,1-8H3,(H2,36,42)(H,37,43)(H2,38,39,46)/t23?,24?,25-,26+,28-/m1/s1. The highest BCUT2D eigenvalue weighted by Crippen LogP contribution is 2.34. The van der Waals surface area contributed by atoms with E-state index >= 15 is 0 Å². The lowest BCUT2D eigenvalue weighted by atomic mass is 9.80. The second-order valence-electron chi connectivity index (χ2n) is 15.3. The van der Waals surface area contributed by atoms with E-state index in [0.29, 0.717) is 18.4 Å². The molecule has 0 spiro atoms. The Morgan fingerprint density at radius 2 is 1.53 bits per heavy atom. The van der Waals surface area contributed by atoms with E-state index < -0.39 is 70.7 Å². The molecule has 1 aliphatic heterocycles. The fourth-order valence-corrected chi connectivity index (χ4v) is 6.22. The molecule has 12 nitrogen and oxygen atoms in total. The third-order valence-corrected chi connectivity index (χ3v) is 8.96. The zero-order valence-corrected chi connectivity index (χ0v) is 29.1. The minimum absolute atomic E-state index is 0.0188. The minimum atomic E-state index is -1.14. The van der Waals surface area contributed by atoms with E-state index in [1.807, 2.05) is 13.8 Å². The number of primary amides is 1. The zero-order chi connectivity index (χ0) is 35.3. The quantitative estimate of drug-likeness (QED) is 0.197. The second-order valence-corrected chi connectivity index (χ2v) is 15.3. The van der Waals surface area contributed by atoms with Crippen LogP contribution in [0.25, 0.3) is 0 Å². The lowest BCUT2D eigenvalue weighted by Crippen LogP contribution is -2.61. The van der Waals surface area contributed by atoms with Gasteiger partial charge >= 0.3 is 12.0 Å². The number of benzene rings is 1. The molecule has 0 bridgehead atoms. The fraction of sp³-hybridized carbons (Fsp3) is 0.657. The van der Waals surface area contributed by atoms with Crippen LogP contribution >= 0.6 is 0 Å². The van der Waals surface area contributed by atoms with Crippen LogP contribution in [-0.4, -0.2) is 70.7 Å². The van der Waals surface area contributed by atoms with Crippen LogP contribution in [0.3, 0.4) is 0 Å². The molecule has 260 valence electrons. The summed E-state index contributed by atoms with van der Waals surface area (Å²) in [6, 6.07) is 3.68. The van der Waals surface area contributed by atoms with Crippen molar-refractivity contribution in [2.24, 2.45) is 28.9 Å². The number of likely N-dealkylation sites (tertiary alicyclic amines) is 1. The summed E-state index contributed by atoms with van der Waals surface area (Å²) in [5, 5.41) is 8.23. The molecule has 0 aromatic heterocycles. The summed E-state index contributed by atoms with van der Waals surface area (Å²) in [6.45, 7) is 14.8. The maximum atomic E-state index is 14.3. The normalized spacial score (nSPS) is 20.4. The Balaban J connectivity index is 1.86. The molecule has 2 fully saturated rings. The van der Waals surface area contributed by atoms with E-state index in [4.69, 9.17) is 10.5 Å². The Kier molecular flexibility index (Phi) is 12.2. The summed E-state index contributed by atoms with van der Waals surface area (Å²) in [5.41, 5.74) is 4.24. The molecule has 5 atom stereocenters. The molecular weight excluding hydrogens is 602 g/mol. The van der Waals surface area contributed by atoms with E-state index in [1.54, 1.807) is 71.9 Å². The molecule has 0 radical (unpaired) electrons. The molecule has 1 saturated carbocycles. The largest absolute Gasteiger partial charge is 0.458 e. The van der Waals surface area contributed by atoms with Crippen LogP contribution in [0, 0.1) is 23.2 Å². The van der Waals surface area contributed by atoms with Gasteiger partial charge in [-0.05, 0) is 62.3 Å². The molecular formula is C35H53N5O7. The number of carbonyl (C=O) groups is 6. The predicted molar refractivity (Wildman–Crippen MR) is 176 cm³/mol. The number of amides is 5. The average molecular weight is 656 g/mol. The number of hydrogen-bond acceptors (Lipinski definition) is 7. The molecule has 2 unspecified atom stereocenters. The number of hydrogen-bond donors (Lipinski definition) is 4. The van der Waals surface area contributed by atoms with E-state index in [2.05, 4.69) is 16.0 Å². The van der Waals surface area contributed by atoms with Crippen molar-refractivity contribution < 1.29 is 33.5 Å². The molecule has 1 heterocycles. The molecule has 3 rings (SSSR count). The van der Waals surface area contributed by atoms with Crippen molar-refractivity contribution in [3.8, 4) is 0 Å². The van der Waals surface area contributed by atoms with Gasteiger partial charge in [0, 0.05) is 6.54 Å². The van der Waals surface area contributed by atoms with Crippen molar-refractivity contribution in [1.82, 2.24) is 20.9 Å². The van der Waals surface area contributed by atoms with Crippen molar-refractivity contribution in [1.29, 1.82) is 0 Å². The monoisotopic (exact) mass is 655 g/mol. The summed E-state index contributed by atoms with van der Waals surface area (Å²) < 4.78 is 5.57. The third kappa shape index (κ3) is 10.0. The lowest BCUT2D eigenvalue weighted by molar-refractivity contribution is -0.157. The molecule has 1 aromatic carbocycles. The number of ketones is 1. The first-order chi connectivity index (χ1) is 21.8. The number of rotatable bonds is 12. The van der Waals surface area contributed by atoms with Crippen LogP contribution < -0.4 is 21.7 Å². The predicted octanol–water partition coefficient (Wildman–Crippen LogP) is 3.39. The number of nitrogens with zero attached hydrogens (tertiary/aromatic N) is 1. The van der Waals surface area contributed by atoms with Gasteiger partial charge in [0.25, 0.3) is 5.91 Å². The Morgan fingerprint density at radius 1 is 0.915 bits per heavy atom. The first kappa shape index (κ1) is 37.5. The first-order valence-electron chi connectivity index (χ1n) is 16.6. The highest BCUT2D eigenvalue weighted by Gasteiger charge is 2.48. The number of urea groups is 1. The van der Waals surface area contributed by atoms with Crippen LogP contribution in [0.4, 0.5) is 4.79 Å². The van der Waals surface area contributed by atoms with Crippen molar-refractivity contribution >= 4 is 35.5 Å². The summed E-state index contributed by atoms with van der Waals surface area (Å²) >= 11 is 0. The van der Waals surface area contributed by atoms with E-state index in [9.17, 15) is 28.8 Å². The van der Waals surface area contributed by atoms with E-state index in [1.165, 1.54) is 4.90 Å². The first-order valence-corrected chi connectivity index (χ1v) is 16.6. The number of Topliss-reactive ketones (excluding diaryl/α,β-unsaturated/α-hetero) is 1. The van der Waals surface area contributed by atoms with Crippen LogP contribution in [0.5, 0.6) is 0 Å². The van der Waals surface area contributed by atoms with Crippen LogP contribution in [-0.2, 0) is 28.7 Å². The van der Waals surface area contributed by atoms with E-state index in [0.717, 1.165) is 19.3 Å². The summed E-state index contributed by atoms with van der Waals surface area (Å²) in [4.78, 5) is 81.0. The van der Waals surface area contributed by atoms with Crippen LogP contribution in [0.15, 0.2) is 30.3 Å². The average Bonchev–Trinajstić information content (AvgIpc) is 3.40. The molecule has 1 aromatic rings. The number of nitrogens with one attached hydrogen (secondary N) is 3. The summed E-state index contributed by atoms with van der Waals surface area (Å²) in [5.74, 6) is -3.62. The molecule has 5 amide bonds.